The van der Waals surface area contributed by atoms with Crippen LogP contribution in [0.1, 0.15) is 54.9 Å². The first-order chi connectivity index (χ1) is 9.56. The second-order valence-corrected chi connectivity index (χ2v) is 6.99. The van der Waals surface area contributed by atoms with Crippen LogP contribution < -0.4 is 5.32 Å². The summed E-state index contributed by atoms with van der Waals surface area (Å²) < 4.78 is 1.05. The molecule has 1 aliphatic rings. The summed E-state index contributed by atoms with van der Waals surface area (Å²) in [5.41, 5.74) is 1.85. The van der Waals surface area contributed by atoms with E-state index < -0.39 is 0 Å². The van der Waals surface area contributed by atoms with Gasteiger partial charge in [0.25, 0.3) is 5.91 Å². The minimum atomic E-state index is 0.0461. The molecule has 1 aliphatic carbocycles. The van der Waals surface area contributed by atoms with Crippen LogP contribution in [0.3, 0.4) is 0 Å². The number of amides is 1. The maximum atomic E-state index is 12.1. The maximum Gasteiger partial charge on any atom is 0.251 e. The van der Waals surface area contributed by atoms with E-state index in [1.165, 1.54) is 25.7 Å². The highest BCUT2D eigenvalue weighted by Gasteiger charge is 2.18. The van der Waals surface area contributed by atoms with Gasteiger partial charge in [0.2, 0.25) is 0 Å². The number of hydrogen-bond donors (Lipinski definition) is 1. The molecule has 1 aromatic rings. The highest BCUT2D eigenvalue weighted by Crippen LogP contribution is 2.29. The molecule has 20 heavy (non-hydrogen) atoms. The fraction of sp³-hybridized carbons (Fsp3) is 0.588. The number of hydrogen-bond acceptors (Lipinski definition) is 1. The SMILES string of the molecule is Cc1cc(C(=O)NCCC2CCC(C)CC2)ccc1Br. The molecule has 0 heterocycles. The third kappa shape index (κ3) is 4.34. The second kappa shape index (κ2) is 7.26. The summed E-state index contributed by atoms with van der Waals surface area (Å²) in [6.45, 7) is 5.14. The zero-order valence-electron chi connectivity index (χ0n) is 12.4. The van der Waals surface area contributed by atoms with Gasteiger partial charge in [-0.05, 0) is 48.9 Å². The predicted molar refractivity (Wildman–Crippen MR) is 87.0 cm³/mol. The van der Waals surface area contributed by atoms with E-state index in [-0.39, 0.29) is 5.91 Å². The van der Waals surface area contributed by atoms with Crippen molar-refractivity contribution in [3.8, 4) is 0 Å². The normalized spacial score (nSPS) is 22.6. The Morgan fingerprint density at radius 2 is 2.00 bits per heavy atom. The molecule has 1 amide bonds. The average Bonchev–Trinajstić information content (AvgIpc) is 2.44. The molecule has 0 bridgehead atoms. The monoisotopic (exact) mass is 337 g/mol. The second-order valence-electron chi connectivity index (χ2n) is 6.13. The van der Waals surface area contributed by atoms with Crippen LogP contribution in [0.2, 0.25) is 0 Å². The summed E-state index contributed by atoms with van der Waals surface area (Å²) >= 11 is 3.46. The summed E-state index contributed by atoms with van der Waals surface area (Å²) in [6.07, 6.45) is 6.48. The molecule has 110 valence electrons. The average molecular weight is 338 g/mol. The van der Waals surface area contributed by atoms with Gasteiger partial charge in [-0.1, -0.05) is 48.5 Å². The van der Waals surface area contributed by atoms with Gasteiger partial charge in [-0.3, -0.25) is 4.79 Å². The third-order valence-corrected chi connectivity index (χ3v) is 5.28. The van der Waals surface area contributed by atoms with Crippen molar-refractivity contribution in [1.29, 1.82) is 0 Å². The van der Waals surface area contributed by atoms with Gasteiger partial charge >= 0.3 is 0 Å². The summed E-state index contributed by atoms with van der Waals surface area (Å²) in [4.78, 5) is 12.1. The number of benzene rings is 1. The number of halogens is 1. The molecule has 1 N–H and O–H groups in total. The Bertz CT molecular complexity index is 464. The molecule has 1 aromatic carbocycles. The first-order valence-corrected chi connectivity index (χ1v) is 8.40. The van der Waals surface area contributed by atoms with Crippen molar-refractivity contribution >= 4 is 21.8 Å². The van der Waals surface area contributed by atoms with Crippen LogP contribution in [0.4, 0.5) is 0 Å². The first kappa shape index (κ1) is 15.6. The molecule has 1 saturated carbocycles. The van der Waals surface area contributed by atoms with Gasteiger partial charge in [-0.15, -0.1) is 0 Å². The van der Waals surface area contributed by atoms with Crippen LogP contribution in [0.25, 0.3) is 0 Å². The Balaban J connectivity index is 1.76. The maximum absolute atomic E-state index is 12.1. The number of rotatable bonds is 4. The van der Waals surface area contributed by atoms with E-state index in [4.69, 9.17) is 0 Å². The molecule has 3 heteroatoms. The Morgan fingerprint density at radius 3 is 2.65 bits per heavy atom. The van der Waals surface area contributed by atoms with E-state index in [2.05, 4.69) is 28.2 Å². The quantitative estimate of drug-likeness (QED) is 0.847. The lowest BCUT2D eigenvalue weighted by Crippen LogP contribution is -2.27. The van der Waals surface area contributed by atoms with Crippen molar-refractivity contribution in [3.63, 3.8) is 0 Å². The number of aryl methyl sites for hydroxylation is 1. The molecule has 0 aliphatic heterocycles. The minimum absolute atomic E-state index is 0.0461. The molecule has 2 nitrogen and oxygen atoms in total. The largest absolute Gasteiger partial charge is 0.352 e. The molecular weight excluding hydrogens is 314 g/mol. The highest BCUT2D eigenvalue weighted by atomic mass is 79.9. The predicted octanol–water partition coefficient (Wildman–Crippen LogP) is 4.70. The molecule has 0 unspecified atom stereocenters. The fourth-order valence-electron chi connectivity index (χ4n) is 2.90. The van der Waals surface area contributed by atoms with Crippen LogP contribution in [-0.2, 0) is 0 Å². The van der Waals surface area contributed by atoms with Gasteiger partial charge in [0.1, 0.15) is 0 Å². The van der Waals surface area contributed by atoms with Crippen molar-refractivity contribution in [1.82, 2.24) is 5.32 Å². The van der Waals surface area contributed by atoms with Crippen LogP contribution >= 0.6 is 15.9 Å². The Morgan fingerprint density at radius 1 is 1.30 bits per heavy atom. The minimum Gasteiger partial charge on any atom is -0.352 e. The van der Waals surface area contributed by atoms with Gasteiger partial charge in [0, 0.05) is 16.6 Å². The molecule has 2 rings (SSSR count). The molecule has 0 aromatic heterocycles. The standard InChI is InChI=1S/C17H24BrNO/c1-12-3-5-14(6-4-12)9-10-19-17(20)15-7-8-16(18)13(2)11-15/h7-8,11-12,14H,3-6,9-10H2,1-2H3,(H,19,20). The van der Waals surface area contributed by atoms with E-state index in [9.17, 15) is 4.79 Å². The lowest BCUT2D eigenvalue weighted by Gasteiger charge is -2.26. The van der Waals surface area contributed by atoms with Crippen molar-refractivity contribution in [2.24, 2.45) is 11.8 Å². The van der Waals surface area contributed by atoms with Gasteiger partial charge in [0.15, 0.2) is 0 Å². The van der Waals surface area contributed by atoms with Crippen molar-refractivity contribution in [2.45, 2.75) is 46.0 Å². The number of carbonyl (C=O) groups excluding carboxylic acids is 1. The van der Waals surface area contributed by atoms with Crippen molar-refractivity contribution in [2.75, 3.05) is 6.54 Å². The van der Waals surface area contributed by atoms with E-state index in [0.29, 0.717) is 0 Å². The van der Waals surface area contributed by atoms with Gasteiger partial charge in [-0.25, -0.2) is 0 Å². The zero-order chi connectivity index (χ0) is 14.5. The Labute approximate surface area is 130 Å². The third-order valence-electron chi connectivity index (χ3n) is 4.39. The molecule has 0 radical (unpaired) electrons. The summed E-state index contributed by atoms with van der Waals surface area (Å²) in [6, 6.07) is 5.74. The van der Waals surface area contributed by atoms with E-state index >= 15 is 0 Å². The van der Waals surface area contributed by atoms with Crippen LogP contribution in [0.5, 0.6) is 0 Å². The summed E-state index contributed by atoms with van der Waals surface area (Å²) in [5.74, 6) is 1.74. The highest BCUT2D eigenvalue weighted by molar-refractivity contribution is 9.10. The van der Waals surface area contributed by atoms with E-state index in [1.54, 1.807) is 0 Å². The molecule has 0 saturated heterocycles. The summed E-state index contributed by atoms with van der Waals surface area (Å²) in [5, 5.41) is 3.05. The van der Waals surface area contributed by atoms with Gasteiger partial charge in [0.05, 0.1) is 0 Å². The fourth-order valence-corrected chi connectivity index (χ4v) is 3.14. The molecule has 1 fully saturated rings. The van der Waals surface area contributed by atoms with Gasteiger partial charge < -0.3 is 5.32 Å². The lowest BCUT2D eigenvalue weighted by molar-refractivity contribution is 0.0949. The Kier molecular flexibility index (Phi) is 5.64. The van der Waals surface area contributed by atoms with E-state index in [1.807, 2.05) is 25.1 Å². The molecular formula is C17H24BrNO. The Hall–Kier alpha value is -0.830. The van der Waals surface area contributed by atoms with Crippen LogP contribution in [0.15, 0.2) is 22.7 Å². The molecule has 0 atom stereocenters. The first-order valence-electron chi connectivity index (χ1n) is 7.60. The van der Waals surface area contributed by atoms with E-state index in [0.717, 1.165) is 40.4 Å². The van der Waals surface area contributed by atoms with Crippen molar-refractivity contribution < 1.29 is 4.79 Å². The lowest BCUT2D eigenvalue weighted by atomic mass is 9.81. The van der Waals surface area contributed by atoms with Crippen LogP contribution in [0, 0.1) is 18.8 Å². The number of carbonyl (C=O) groups is 1. The van der Waals surface area contributed by atoms with Crippen LogP contribution in [-0.4, -0.2) is 12.5 Å². The topological polar surface area (TPSA) is 29.1 Å². The molecule has 0 spiro atoms. The van der Waals surface area contributed by atoms with Crippen molar-refractivity contribution in [3.05, 3.63) is 33.8 Å². The smallest absolute Gasteiger partial charge is 0.251 e. The zero-order valence-corrected chi connectivity index (χ0v) is 14.0. The van der Waals surface area contributed by atoms with Gasteiger partial charge in [-0.2, -0.15) is 0 Å². The number of nitrogens with one attached hydrogen (secondary N) is 1. The summed E-state index contributed by atoms with van der Waals surface area (Å²) in [7, 11) is 0.